The van der Waals surface area contributed by atoms with E-state index in [1.54, 1.807) is 0 Å². The van der Waals surface area contributed by atoms with Crippen LogP contribution in [0.1, 0.15) is 10.4 Å². The lowest BCUT2D eigenvalue weighted by Gasteiger charge is -2.13. The van der Waals surface area contributed by atoms with E-state index in [2.05, 4.69) is 10.1 Å². The molecule has 1 amide bonds. The smallest absolute Gasteiger partial charge is 0.337 e. The number of sulfonamides is 1. The highest BCUT2D eigenvalue weighted by molar-refractivity contribution is 7.89. The van der Waals surface area contributed by atoms with E-state index in [1.165, 1.54) is 51.5 Å². The number of aromatic nitrogens is 1. The van der Waals surface area contributed by atoms with E-state index in [1.807, 2.05) is 0 Å². The van der Waals surface area contributed by atoms with Gasteiger partial charge in [-0.3, -0.25) is 9.59 Å². The highest BCUT2D eigenvalue weighted by atomic mass is 32.2. The number of esters is 1. The zero-order valence-electron chi connectivity index (χ0n) is 15.0. The number of benzene rings is 1. The minimum absolute atomic E-state index is 0.0951. The van der Waals surface area contributed by atoms with Crippen LogP contribution in [0.5, 0.6) is 0 Å². The topological polar surface area (TPSA) is 115 Å². The molecule has 2 aromatic rings. The molecule has 0 aliphatic carbocycles. The van der Waals surface area contributed by atoms with Gasteiger partial charge in [0.25, 0.3) is 5.56 Å². The molecule has 0 bridgehead atoms. The van der Waals surface area contributed by atoms with Crippen molar-refractivity contribution in [2.75, 3.05) is 26.5 Å². The number of pyridine rings is 1. The van der Waals surface area contributed by atoms with Gasteiger partial charge in [0.2, 0.25) is 15.9 Å². The van der Waals surface area contributed by atoms with Crippen molar-refractivity contribution in [1.29, 1.82) is 0 Å². The van der Waals surface area contributed by atoms with Gasteiger partial charge in [0.1, 0.15) is 6.54 Å². The largest absolute Gasteiger partial charge is 0.465 e. The molecule has 0 fully saturated rings. The number of carbonyl (C=O) groups excluding carboxylic acids is 2. The van der Waals surface area contributed by atoms with E-state index in [4.69, 9.17) is 0 Å². The molecule has 0 saturated heterocycles. The van der Waals surface area contributed by atoms with Crippen LogP contribution in [0, 0.1) is 0 Å². The SMILES string of the molecule is COC(=O)c1ccc(NC(=O)Cn2cc(S(=O)(=O)N(C)C)ccc2=O)cc1. The second-order valence-electron chi connectivity index (χ2n) is 5.74. The molecule has 0 aliphatic heterocycles. The molecule has 0 atom stereocenters. The lowest BCUT2D eigenvalue weighted by atomic mass is 10.2. The summed E-state index contributed by atoms with van der Waals surface area (Å²) in [6.07, 6.45) is 1.12. The second-order valence-corrected chi connectivity index (χ2v) is 7.89. The molecule has 1 N–H and O–H groups in total. The lowest BCUT2D eigenvalue weighted by molar-refractivity contribution is -0.116. The zero-order valence-corrected chi connectivity index (χ0v) is 15.8. The van der Waals surface area contributed by atoms with Gasteiger partial charge in [0.15, 0.2) is 0 Å². The molecule has 9 nitrogen and oxygen atoms in total. The Bertz CT molecular complexity index is 1010. The first-order valence-electron chi connectivity index (χ1n) is 7.76. The van der Waals surface area contributed by atoms with Crippen molar-refractivity contribution in [3.05, 3.63) is 58.5 Å². The van der Waals surface area contributed by atoms with E-state index >= 15 is 0 Å². The maximum absolute atomic E-state index is 12.2. The second kappa shape index (κ2) is 8.14. The van der Waals surface area contributed by atoms with Gasteiger partial charge in [0, 0.05) is 32.0 Å². The van der Waals surface area contributed by atoms with Gasteiger partial charge in [-0.2, -0.15) is 0 Å². The molecule has 144 valence electrons. The van der Waals surface area contributed by atoms with E-state index in [0.29, 0.717) is 11.3 Å². The van der Waals surface area contributed by atoms with Crippen LogP contribution in [0.4, 0.5) is 5.69 Å². The molecule has 0 radical (unpaired) electrons. The van der Waals surface area contributed by atoms with Gasteiger partial charge in [-0.25, -0.2) is 17.5 Å². The number of hydrogen-bond donors (Lipinski definition) is 1. The quantitative estimate of drug-likeness (QED) is 0.716. The number of anilines is 1. The Labute approximate surface area is 156 Å². The Morgan fingerprint density at radius 1 is 1.11 bits per heavy atom. The normalized spacial score (nSPS) is 11.3. The predicted molar refractivity (Wildman–Crippen MR) is 98.0 cm³/mol. The molecule has 0 saturated carbocycles. The van der Waals surface area contributed by atoms with Crippen LogP contribution in [0.3, 0.4) is 0 Å². The van der Waals surface area contributed by atoms with Crippen LogP contribution in [-0.4, -0.2) is 50.4 Å². The fourth-order valence-corrected chi connectivity index (χ4v) is 3.08. The van der Waals surface area contributed by atoms with Crippen molar-refractivity contribution >= 4 is 27.6 Å². The number of methoxy groups -OCH3 is 1. The predicted octanol–water partition coefficient (Wildman–Crippen LogP) is 0.524. The van der Waals surface area contributed by atoms with Crippen LogP contribution in [0.25, 0.3) is 0 Å². The molecule has 10 heteroatoms. The van der Waals surface area contributed by atoms with Crippen molar-refractivity contribution in [2.45, 2.75) is 11.4 Å². The summed E-state index contributed by atoms with van der Waals surface area (Å²) in [5.41, 5.74) is 0.231. The van der Waals surface area contributed by atoms with Crippen LogP contribution < -0.4 is 10.9 Å². The number of amides is 1. The maximum atomic E-state index is 12.2. The van der Waals surface area contributed by atoms with Gasteiger partial charge in [-0.15, -0.1) is 0 Å². The summed E-state index contributed by atoms with van der Waals surface area (Å²) in [7, 11) is 0.277. The van der Waals surface area contributed by atoms with E-state index < -0.39 is 27.5 Å². The summed E-state index contributed by atoms with van der Waals surface area (Å²) in [6.45, 7) is -0.367. The molecule has 0 unspecified atom stereocenters. The molecular weight excluding hydrogens is 374 g/mol. The van der Waals surface area contributed by atoms with Crippen LogP contribution in [0.15, 0.2) is 52.3 Å². The fraction of sp³-hybridized carbons (Fsp3) is 0.235. The van der Waals surface area contributed by atoms with Gasteiger partial charge in [-0.1, -0.05) is 0 Å². The van der Waals surface area contributed by atoms with Gasteiger partial charge in [-0.05, 0) is 30.3 Å². The summed E-state index contributed by atoms with van der Waals surface area (Å²) in [5, 5.41) is 2.57. The van der Waals surface area contributed by atoms with Gasteiger partial charge >= 0.3 is 5.97 Å². The fourth-order valence-electron chi connectivity index (χ4n) is 2.16. The number of rotatable bonds is 6. The van der Waals surface area contributed by atoms with Gasteiger partial charge in [0.05, 0.1) is 17.6 Å². The summed E-state index contributed by atoms with van der Waals surface area (Å²) >= 11 is 0. The third-order valence-corrected chi connectivity index (χ3v) is 5.44. The molecule has 1 aromatic carbocycles. The summed E-state index contributed by atoms with van der Waals surface area (Å²) in [6, 6.07) is 8.28. The van der Waals surface area contributed by atoms with Crippen molar-refractivity contribution in [3.63, 3.8) is 0 Å². The highest BCUT2D eigenvalue weighted by Crippen LogP contribution is 2.12. The Morgan fingerprint density at radius 3 is 2.30 bits per heavy atom. The molecule has 1 aromatic heterocycles. The van der Waals surface area contributed by atoms with Crippen LogP contribution in [0.2, 0.25) is 0 Å². The summed E-state index contributed by atoms with van der Waals surface area (Å²) in [5.74, 6) is -1.03. The number of nitrogens with one attached hydrogen (secondary N) is 1. The van der Waals surface area contributed by atoms with E-state index in [-0.39, 0.29) is 11.4 Å². The van der Waals surface area contributed by atoms with Crippen molar-refractivity contribution < 1.29 is 22.7 Å². The Morgan fingerprint density at radius 2 is 1.74 bits per heavy atom. The molecule has 2 rings (SSSR count). The molecular formula is C17H19N3O6S. The minimum atomic E-state index is -3.73. The monoisotopic (exact) mass is 393 g/mol. The highest BCUT2D eigenvalue weighted by Gasteiger charge is 2.18. The Balaban J connectivity index is 2.16. The summed E-state index contributed by atoms with van der Waals surface area (Å²) < 4.78 is 30.9. The maximum Gasteiger partial charge on any atom is 0.337 e. The zero-order chi connectivity index (χ0) is 20.2. The number of nitrogens with zero attached hydrogens (tertiary/aromatic N) is 2. The van der Waals surface area contributed by atoms with Gasteiger partial charge < -0.3 is 14.6 Å². The number of ether oxygens (including phenoxy) is 1. The van der Waals surface area contributed by atoms with Crippen LogP contribution in [-0.2, 0) is 26.1 Å². The van der Waals surface area contributed by atoms with Crippen LogP contribution >= 0.6 is 0 Å². The Hall–Kier alpha value is -2.98. The third kappa shape index (κ3) is 4.80. The van der Waals surface area contributed by atoms with E-state index in [0.717, 1.165) is 21.1 Å². The standard InChI is InChI=1S/C17H19N3O6S/c1-19(2)27(24,25)14-8-9-16(22)20(10-14)11-15(21)18-13-6-4-12(5-7-13)17(23)26-3/h4-10H,11H2,1-3H3,(H,18,21). The molecule has 0 aliphatic rings. The average Bonchev–Trinajstić information content (AvgIpc) is 2.63. The minimum Gasteiger partial charge on any atom is -0.465 e. The average molecular weight is 393 g/mol. The first-order chi connectivity index (χ1) is 12.6. The number of hydrogen-bond acceptors (Lipinski definition) is 6. The first-order valence-corrected chi connectivity index (χ1v) is 9.20. The van der Waals surface area contributed by atoms with Crippen molar-refractivity contribution in [3.8, 4) is 0 Å². The Kier molecular flexibility index (Phi) is 6.13. The molecule has 0 spiro atoms. The molecule has 27 heavy (non-hydrogen) atoms. The lowest BCUT2D eigenvalue weighted by Crippen LogP contribution is -2.29. The number of carbonyl (C=O) groups is 2. The van der Waals surface area contributed by atoms with E-state index in [9.17, 15) is 22.8 Å². The first kappa shape index (κ1) is 20.3. The third-order valence-electron chi connectivity index (χ3n) is 3.64. The summed E-state index contributed by atoms with van der Waals surface area (Å²) in [4.78, 5) is 35.4. The molecule has 1 heterocycles. The van der Waals surface area contributed by atoms with Crippen molar-refractivity contribution in [1.82, 2.24) is 8.87 Å². The van der Waals surface area contributed by atoms with Crippen molar-refractivity contribution in [2.24, 2.45) is 0 Å².